The summed E-state index contributed by atoms with van der Waals surface area (Å²) in [5.74, 6) is 0.822. The zero-order valence-electron chi connectivity index (χ0n) is 20.1. The Morgan fingerprint density at radius 1 is 1.11 bits per heavy atom. The molecule has 1 heterocycles. The number of anilines is 1. The molecule has 0 saturated carbocycles. The Balaban J connectivity index is 1.61. The number of nitrogens with one attached hydrogen (secondary N) is 1. The maximum absolute atomic E-state index is 13.1. The average molecular weight is 728 g/mol. The van der Waals surface area contributed by atoms with Gasteiger partial charge in [0.05, 0.1) is 28.2 Å². The third-order valence-corrected chi connectivity index (χ3v) is 8.10. The molecule has 1 aromatic heterocycles. The molecule has 38 heavy (non-hydrogen) atoms. The van der Waals surface area contributed by atoms with Crippen LogP contribution in [0.3, 0.4) is 0 Å². The van der Waals surface area contributed by atoms with E-state index in [4.69, 9.17) is 21.1 Å². The van der Waals surface area contributed by atoms with Crippen molar-refractivity contribution in [2.24, 2.45) is 5.10 Å². The van der Waals surface area contributed by atoms with Gasteiger partial charge in [-0.25, -0.2) is 4.98 Å². The number of rotatable bonds is 8. The van der Waals surface area contributed by atoms with Crippen LogP contribution < -0.4 is 20.3 Å². The molecule has 0 aliphatic carbocycles. The molecule has 0 spiro atoms. The van der Waals surface area contributed by atoms with E-state index >= 15 is 0 Å². The molecule has 0 fully saturated rings. The van der Waals surface area contributed by atoms with Crippen LogP contribution in [-0.4, -0.2) is 35.0 Å². The Hall–Kier alpha value is -2.73. The molecule has 1 amide bonds. The average Bonchev–Trinajstić information content (AvgIpc) is 2.88. The molecule has 0 aliphatic rings. The van der Waals surface area contributed by atoms with Crippen LogP contribution in [0.2, 0.25) is 5.02 Å². The van der Waals surface area contributed by atoms with Crippen LogP contribution in [0.4, 0.5) is 5.69 Å². The van der Waals surface area contributed by atoms with Gasteiger partial charge in [0.2, 0.25) is 0 Å². The topological polar surface area (TPSA) is 94.8 Å². The van der Waals surface area contributed by atoms with Crippen LogP contribution in [-0.2, 0) is 4.79 Å². The summed E-state index contributed by atoms with van der Waals surface area (Å²) in [5.41, 5.74) is 1.50. The quantitative estimate of drug-likeness (QED) is 0.199. The van der Waals surface area contributed by atoms with Crippen LogP contribution in [0, 0.1) is 6.92 Å². The minimum Gasteiger partial charge on any atom is -0.490 e. The highest BCUT2D eigenvalue weighted by atomic mass is 79.9. The lowest BCUT2D eigenvalue weighted by Gasteiger charge is -2.16. The lowest BCUT2D eigenvalue weighted by Crippen LogP contribution is -2.21. The highest BCUT2D eigenvalue weighted by molar-refractivity contribution is 9.13. The molecular weight excluding hydrogens is 707 g/mol. The Morgan fingerprint density at radius 2 is 1.84 bits per heavy atom. The second-order valence-electron chi connectivity index (χ2n) is 7.88. The number of halogens is 4. The molecule has 4 aromatic rings. The van der Waals surface area contributed by atoms with E-state index in [9.17, 15) is 9.59 Å². The Kier molecular flexibility index (Phi) is 9.24. The summed E-state index contributed by atoms with van der Waals surface area (Å²) in [4.78, 5) is 30.0. The summed E-state index contributed by atoms with van der Waals surface area (Å²) in [7, 11) is 0. The van der Waals surface area contributed by atoms with Crippen molar-refractivity contribution >= 4 is 88.1 Å². The lowest BCUT2D eigenvalue weighted by atomic mass is 10.2. The van der Waals surface area contributed by atoms with Gasteiger partial charge >= 0.3 is 0 Å². The third-order valence-electron chi connectivity index (χ3n) is 5.21. The maximum Gasteiger partial charge on any atom is 0.282 e. The van der Waals surface area contributed by atoms with E-state index in [1.165, 1.54) is 10.9 Å². The monoisotopic (exact) mass is 724 g/mol. The normalized spacial score (nSPS) is 11.2. The van der Waals surface area contributed by atoms with E-state index in [0.29, 0.717) is 60.1 Å². The van der Waals surface area contributed by atoms with E-state index in [1.54, 1.807) is 49.4 Å². The Bertz CT molecular complexity index is 1610. The van der Waals surface area contributed by atoms with Gasteiger partial charge in [0.1, 0.15) is 5.82 Å². The van der Waals surface area contributed by atoms with Crippen molar-refractivity contribution in [1.82, 2.24) is 9.66 Å². The van der Waals surface area contributed by atoms with E-state index in [-0.39, 0.29) is 18.1 Å². The summed E-state index contributed by atoms with van der Waals surface area (Å²) >= 11 is 16.4. The number of hydrogen-bond donors (Lipinski definition) is 1. The molecule has 3 aromatic carbocycles. The second-order valence-corrected chi connectivity index (χ2v) is 10.8. The third kappa shape index (κ3) is 6.45. The van der Waals surface area contributed by atoms with Crippen LogP contribution in [0.15, 0.2) is 71.8 Å². The number of nitrogens with zero attached hydrogens (tertiary/aromatic N) is 3. The fourth-order valence-electron chi connectivity index (χ4n) is 3.48. The Morgan fingerprint density at radius 3 is 2.55 bits per heavy atom. The van der Waals surface area contributed by atoms with Crippen LogP contribution in [0.5, 0.6) is 11.5 Å². The molecule has 8 nitrogen and oxygen atoms in total. The van der Waals surface area contributed by atoms with Gasteiger partial charge in [-0.15, -0.1) is 0 Å². The van der Waals surface area contributed by atoms with Gasteiger partial charge in [0.25, 0.3) is 11.5 Å². The van der Waals surface area contributed by atoms with E-state index in [2.05, 4.69) is 63.2 Å². The summed E-state index contributed by atoms with van der Waals surface area (Å²) in [6.07, 6.45) is 1.52. The molecule has 4 rings (SSSR count). The van der Waals surface area contributed by atoms with Crippen LogP contribution in [0.1, 0.15) is 18.3 Å². The van der Waals surface area contributed by atoms with Crippen molar-refractivity contribution in [2.75, 3.05) is 18.5 Å². The predicted molar refractivity (Wildman–Crippen MR) is 160 cm³/mol. The molecule has 0 atom stereocenters. The lowest BCUT2D eigenvalue weighted by molar-refractivity contribution is -0.118. The predicted octanol–water partition coefficient (Wildman–Crippen LogP) is 6.94. The first-order valence-electron chi connectivity index (χ1n) is 11.2. The minimum absolute atomic E-state index is 0.256. The number of ether oxygens (including phenoxy) is 2. The van der Waals surface area contributed by atoms with Gasteiger partial charge in [-0.2, -0.15) is 9.78 Å². The number of hydrogen-bond acceptors (Lipinski definition) is 6. The summed E-state index contributed by atoms with van der Waals surface area (Å²) in [6, 6.07) is 13.8. The van der Waals surface area contributed by atoms with Crippen molar-refractivity contribution in [3.8, 4) is 11.5 Å². The van der Waals surface area contributed by atoms with Gasteiger partial charge in [-0.3, -0.25) is 9.59 Å². The number of carbonyl (C=O) groups excluding carboxylic acids is 1. The Labute approximate surface area is 248 Å². The van der Waals surface area contributed by atoms with Crippen molar-refractivity contribution in [1.29, 1.82) is 0 Å². The number of carbonyl (C=O) groups is 1. The van der Waals surface area contributed by atoms with Crippen LogP contribution in [0.25, 0.3) is 10.9 Å². The van der Waals surface area contributed by atoms with E-state index < -0.39 is 0 Å². The summed E-state index contributed by atoms with van der Waals surface area (Å²) in [5, 5.41) is 8.16. The van der Waals surface area contributed by atoms with Gasteiger partial charge in [-0.05, 0) is 94.2 Å². The standard InChI is InChI=1S/C26H20Br3ClN4O4/c1-3-37-21-10-15(12-31-34-14(2)32-20-9-4-16(27)11-19(20)26(34)36)23(28)24(29)25(21)38-13-22(35)33-18-7-5-17(30)6-8-18/h4-12H,3,13H2,1-2H3,(H,33,35). The summed E-state index contributed by atoms with van der Waals surface area (Å²) in [6.45, 7) is 3.65. The first kappa shape index (κ1) is 28.3. The number of fused-ring (bicyclic) bond motifs is 1. The van der Waals surface area contributed by atoms with Crippen molar-refractivity contribution < 1.29 is 14.3 Å². The first-order valence-corrected chi connectivity index (χ1v) is 14.0. The van der Waals surface area contributed by atoms with Gasteiger partial charge in [0.15, 0.2) is 18.1 Å². The molecule has 196 valence electrons. The minimum atomic E-state index is -0.353. The maximum atomic E-state index is 13.1. The zero-order valence-corrected chi connectivity index (χ0v) is 25.6. The largest absolute Gasteiger partial charge is 0.490 e. The number of aryl methyl sites for hydroxylation is 1. The highest BCUT2D eigenvalue weighted by Crippen LogP contribution is 2.42. The smallest absolute Gasteiger partial charge is 0.282 e. The second kappa shape index (κ2) is 12.4. The molecule has 12 heteroatoms. The molecule has 0 saturated heterocycles. The number of amides is 1. The summed E-state index contributed by atoms with van der Waals surface area (Å²) < 4.78 is 14.7. The molecule has 0 unspecified atom stereocenters. The fraction of sp³-hybridized carbons (Fsp3) is 0.154. The van der Waals surface area contributed by atoms with E-state index in [0.717, 1.165) is 4.47 Å². The zero-order chi connectivity index (χ0) is 27.4. The fourth-order valence-corrected chi connectivity index (χ4v) is 4.90. The molecular formula is C26H20Br3ClN4O4. The molecule has 1 N–H and O–H groups in total. The number of aromatic nitrogens is 2. The van der Waals surface area contributed by atoms with Crippen molar-refractivity contribution in [2.45, 2.75) is 13.8 Å². The van der Waals surface area contributed by atoms with Gasteiger partial charge < -0.3 is 14.8 Å². The van der Waals surface area contributed by atoms with Crippen LogP contribution >= 0.6 is 59.4 Å². The van der Waals surface area contributed by atoms with Crippen molar-refractivity contribution in [3.05, 3.63) is 88.7 Å². The van der Waals surface area contributed by atoms with Gasteiger partial charge in [0, 0.05) is 25.2 Å². The molecule has 0 aliphatic heterocycles. The molecule has 0 radical (unpaired) electrons. The van der Waals surface area contributed by atoms with Crippen molar-refractivity contribution in [3.63, 3.8) is 0 Å². The van der Waals surface area contributed by atoms with E-state index in [1.807, 2.05) is 13.0 Å². The van der Waals surface area contributed by atoms with Gasteiger partial charge in [-0.1, -0.05) is 27.5 Å². The SMILES string of the molecule is CCOc1cc(C=Nn2c(C)nc3ccc(Br)cc3c2=O)c(Br)c(Br)c1OCC(=O)Nc1ccc(Cl)cc1. The number of benzene rings is 3. The first-order chi connectivity index (χ1) is 18.2. The molecule has 0 bridgehead atoms. The highest BCUT2D eigenvalue weighted by Gasteiger charge is 2.18.